The van der Waals surface area contributed by atoms with E-state index in [0.29, 0.717) is 23.4 Å². The van der Waals surface area contributed by atoms with Crippen molar-refractivity contribution in [2.24, 2.45) is 7.05 Å². The number of aromatic nitrogens is 2. The molecule has 3 aromatic rings. The number of anilines is 2. The van der Waals surface area contributed by atoms with E-state index in [0.717, 1.165) is 16.9 Å². The van der Waals surface area contributed by atoms with Crippen LogP contribution in [-0.2, 0) is 17.1 Å². The molecule has 0 unspecified atom stereocenters. The van der Waals surface area contributed by atoms with Crippen LogP contribution in [0.3, 0.4) is 0 Å². The highest BCUT2D eigenvalue weighted by Crippen LogP contribution is 2.19. The van der Waals surface area contributed by atoms with Crippen LogP contribution in [0.15, 0.2) is 42.5 Å². The number of fused-ring (bicyclic) bond motifs is 1. The van der Waals surface area contributed by atoms with Crippen LogP contribution in [0.5, 0.6) is 0 Å². The van der Waals surface area contributed by atoms with E-state index in [-0.39, 0.29) is 11.7 Å². The Morgan fingerprint density at radius 2 is 1.78 bits per heavy atom. The van der Waals surface area contributed by atoms with Crippen molar-refractivity contribution in [3.63, 3.8) is 0 Å². The molecule has 0 atom stereocenters. The lowest BCUT2D eigenvalue weighted by Crippen LogP contribution is -2.16. The average molecular weight is 386 g/mol. The minimum Gasteiger partial charge on any atom is -0.331 e. The van der Waals surface area contributed by atoms with E-state index < -0.39 is 10.0 Å². The van der Waals surface area contributed by atoms with Crippen LogP contribution in [0.1, 0.15) is 29.5 Å². The highest BCUT2D eigenvalue weighted by molar-refractivity contribution is 7.92. The predicted octanol–water partition coefficient (Wildman–Crippen LogP) is 3.29. The summed E-state index contributed by atoms with van der Waals surface area (Å²) in [5.74, 6) is 0.698. The third-order valence-electron chi connectivity index (χ3n) is 4.26. The molecule has 0 bridgehead atoms. The van der Waals surface area contributed by atoms with Gasteiger partial charge < -0.3 is 9.88 Å². The Bertz CT molecular complexity index is 1090. The minimum absolute atomic E-state index is 0.0704. The molecule has 0 aliphatic rings. The Morgan fingerprint density at radius 1 is 1.11 bits per heavy atom. The summed E-state index contributed by atoms with van der Waals surface area (Å²) in [6.07, 6.45) is 0.545. The van der Waals surface area contributed by atoms with Gasteiger partial charge >= 0.3 is 0 Å². The van der Waals surface area contributed by atoms with Gasteiger partial charge in [0.2, 0.25) is 10.0 Å². The number of benzene rings is 2. The maximum Gasteiger partial charge on any atom is 0.255 e. The second-order valence-corrected chi connectivity index (χ2v) is 8.22. The summed E-state index contributed by atoms with van der Waals surface area (Å²) in [6.45, 7) is 3.72. The van der Waals surface area contributed by atoms with E-state index in [1.807, 2.05) is 31.5 Å². The van der Waals surface area contributed by atoms with Crippen molar-refractivity contribution in [2.45, 2.75) is 20.3 Å². The molecule has 0 spiro atoms. The monoisotopic (exact) mass is 386 g/mol. The van der Waals surface area contributed by atoms with Gasteiger partial charge in [-0.05, 0) is 55.8 Å². The molecule has 0 radical (unpaired) electrons. The average Bonchev–Trinajstić information content (AvgIpc) is 2.90. The molecule has 0 saturated heterocycles. The number of aryl methyl sites for hydroxylation is 2. The molecule has 142 valence electrons. The van der Waals surface area contributed by atoms with Gasteiger partial charge in [0.1, 0.15) is 5.82 Å². The SMILES string of the molecule is CCCS(=O)(=O)Nc1ccc(NC(=O)c2ccc3c(c2)nc(C)n3C)cc1. The number of hydrogen-bond acceptors (Lipinski definition) is 4. The van der Waals surface area contributed by atoms with E-state index in [2.05, 4.69) is 15.0 Å². The first-order valence-corrected chi connectivity index (χ1v) is 10.3. The number of rotatable bonds is 6. The van der Waals surface area contributed by atoms with Crippen molar-refractivity contribution in [3.05, 3.63) is 53.9 Å². The van der Waals surface area contributed by atoms with Crippen molar-refractivity contribution in [1.82, 2.24) is 9.55 Å². The van der Waals surface area contributed by atoms with Crippen LogP contribution in [0, 0.1) is 6.92 Å². The van der Waals surface area contributed by atoms with Crippen molar-refractivity contribution in [1.29, 1.82) is 0 Å². The van der Waals surface area contributed by atoms with Gasteiger partial charge in [-0.25, -0.2) is 13.4 Å². The fourth-order valence-electron chi connectivity index (χ4n) is 2.79. The van der Waals surface area contributed by atoms with Gasteiger partial charge in [-0.1, -0.05) is 6.92 Å². The number of nitrogens with one attached hydrogen (secondary N) is 2. The van der Waals surface area contributed by atoms with Gasteiger partial charge in [-0.3, -0.25) is 9.52 Å². The summed E-state index contributed by atoms with van der Waals surface area (Å²) in [7, 11) is -1.40. The van der Waals surface area contributed by atoms with Crippen molar-refractivity contribution in [2.75, 3.05) is 15.8 Å². The van der Waals surface area contributed by atoms with Gasteiger partial charge in [0.15, 0.2) is 0 Å². The van der Waals surface area contributed by atoms with Crippen LogP contribution < -0.4 is 10.0 Å². The molecule has 3 rings (SSSR count). The molecule has 1 amide bonds. The molecule has 0 saturated carbocycles. The van der Waals surface area contributed by atoms with Crippen LogP contribution >= 0.6 is 0 Å². The Kier molecular flexibility index (Phi) is 5.18. The molecule has 2 N–H and O–H groups in total. The first kappa shape index (κ1) is 18.9. The summed E-state index contributed by atoms with van der Waals surface area (Å²) < 4.78 is 28.1. The molecule has 1 aromatic heterocycles. The summed E-state index contributed by atoms with van der Waals surface area (Å²) in [5.41, 5.74) is 3.28. The zero-order valence-corrected chi connectivity index (χ0v) is 16.3. The topological polar surface area (TPSA) is 93.1 Å². The number of imidazole rings is 1. The third kappa shape index (κ3) is 4.28. The van der Waals surface area contributed by atoms with E-state index >= 15 is 0 Å². The maximum atomic E-state index is 12.5. The van der Waals surface area contributed by atoms with Gasteiger partial charge in [0.25, 0.3) is 5.91 Å². The van der Waals surface area contributed by atoms with Crippen LogP contribution in [0.4, 0.5) is 11.4 Å². The van der Waals surface area contributed by atoms with E-state index in [1.54, 1.807) is 36.4 Å². The van der Waals surface area contributed by atoms with Crippen molar-refractivity contribution >= 4 is 38.3 Å². The number of amides is 1. The Balaban J connectivity index is 1.72. The largest absolute Gasteiger partial charge is 0.331 e. The second kappa shape index (κ2) is 7.40. The van der Waals surface area contributed by atoms with Crippen molar-refractivity contribution < 1.29 is 13.2 Å². The summed E-state index contributed by atoms with van der Waals surface area (Å²) in [4.78, 5) is 16.9. The molecule has 1 heterocycles. The van der Waals surface area contributed by atoms with E-state index in [4.69, 9.17) is 0 Å². The lowest BCUT2D eigenvalue weighted by Gasteiger charge is -2.09. The number of sulfonamides is 1. The van der Waals surface area contributed by atoms with E-state index in [1.165, 1.54) is 0 Å². The Hall–Kier alpha value is -2.87. The molecule has 0 fully saturated rings. The fraction of sp³-hybridized carbons (Fsp3) is 0.263. The predicted molar refractivity (Wildman–Crippen MR) is 108 cm³/mol. The smallest absolute Gasteiger partial charge is 0.255 e. The zero-order valence-electron chi connectivity index (χ0n) is 15.5. The van der Waals surface area contributed by atoms with Crippen molar-refractivity contribution in [3.8, 4) is 0 Å². The number of carbonyl (C=O) groups excluding carboxylic acids is 1. The number of hydrogen-bond donors (Lipinski definition) is 2. The first-order valence-electron chi connectivity index (χ1n) is 8.64. The van der Waals surface area contributed by atoms with Crippen LogP contribution in [0.25, 0.3) is 11.0 Å². The van der Waals surface area contributed by atoms with Gasteiger partial charge in [-0.2, -0.15) is 0 Å². The highest BCUT2D eigenvalue weighted by atomic mass is 32.2. The lowest BCUT2D eigenvalue weighted by atomic mass is 10.2. The van der Waals surface area contributed by atoms with E-state index in [9.17, 15) is 13.2 Å². The molecule has 0 aliphatic heterocycles. The number of nitrogens with zero attached hydrogens (tertiary/aromatic N) is 2. The summed E-state index contributed by atoms with van der Waals surface area (Å²) in [5, 5.41) is 2.81. The quantitative estimate of drug-likeness (QED) is 0.680. The standard InChI is InChI=1S/C19H22N4O3S/c1-4-11-27(25,26)22-16-8-6-15(7-9-16)21-19(24)14-5-10-18-17(12-14)20-13(2)23(18)3/h5-10,12,22H,4,11H2,1-3H3,(H,21,24). The second-order valence-electron chi connectivity index (χ2n) is 6.37. The molecule has 27 heavy (non-hydrogen) atoms. The molecule has 8 heteroatoms. The Labute approximate surface area is 158 Å². The first-order chi connectivity index (χ1) is 12.8. The summed E-state index contributed by atoms with van der Waals surface area (Å²) in [6, 6.07) is 11.9. The van der Waals surface area contributed by atoms with Gasteiger partial charge in [0.05, 0.1) is 16.8 Å². The van der Waals surface area contributed by atoms with Gasteiger partial charge in [0, 0.05) is 24.0 Å². The lowest BCUT2D eigenvalue weighted by molar-refractivity contribution is 0.102. The minimum atomic E-state index is -3.33. The molecular weight excluding hydrogens is 364 g/mol. The normalized spacial score (nSPS) is 11.5. The maximum absolute atomic E-state index is 12.5. The third-order valence-corrected chi connectivity index (χ3v) is 5.75. The van der Waals surface area contributed by atoms with Crippen LogP contribution in [0.2, 0.25) is 0 Å². The molecular formula is C19H22N4O3S. The Morgan fingerprint density at radius 3 is 2.44 bits per heavy atom. The van der Waals surface area contributed by atoms with Crippen LogP contribution in [-0.4, -0.2) is 29.6 Å². The molecule has 7 nitrogen and oxygen atoms in total. The molecule has 2 aromatic carbocycles. The fourth-order valence-corrected chi connectivity index (χ4v) is 3.92. The summed E-state index contributed by atoms with van der Waals surface area (Å²) >= 11 is 0. The number of carbonyl (C=O) groups is 1. The molecule has 0 aliphatic carbocycles. The zero-order chi connectivity index (χ0) is 19.6. The van der Waals surface area contributed by atoms with Gasteiger partial charge in [-0.15, -0.1) is 0 Å². The highest BCUT2D eigenvalue weighted by Gasteiger charge is 2.11.